The monoisotopic (exact) mass is 432 g/mol. The first-order valence-corrected chi connectivity index (χ1v) is 11.8. The van der Waals surface area contributed by atoms with Gasteiger partial charge in [0, 0.05) is 37.4 Å². The molecule has 2 aromatic carbocycles. The van der Waals surface area contributed by atoms with E-state index in [1.54, 1.807) is 7.11 Å². The SMILES string of the molecule is COc1ccccc1[C@@H](c1nnnn1C1CCCCC1)N1CCN(c2ccccc2)CC1. The van der Waals surface area contributed by atoms with Crippen LogP contribution < -0.4 is 9.64 Å². The topological polar surface area (TPSA) is 59.3 Å². The third-order valence-corrected chi connectivity index (χ3v) is 6.92. The Kier molecular flexibility index (Phi) is 6.34. The molecule has 1 aromatic heterocycles. The van der Waals surface area contributed by atoms with Crippen molar-refractivity contribution in [2.24, 2.45) is 0 Å². The van der Waals surface area contributed by atoms with E-state index in [0.29, 0.717) is 6.04 Å². The number of aromatic nitrogens is 4. The van der Waals surface area contributed by atoms with Gasteiger partial charge in [-0.2, -0.15) is 0 Å². The lowest BCUT2D eigenvalue weighted by Crippen LogP contribution is -2.48. The van der Waals surface area contributed by atoms with Gasteiger partial charge in [0.15, 0.2) is 5.82 Å². The smallest absolute Gasteiger partial charge is 0.173 e. The first kappa shape index (κ1) is 20.9. The van der Waals surface area contributed by atoms with E-state index in [2.05, 4.69) is 72.5 Å². The van der Waals surface area contributed by atoms with Gasteiger partial charge in [0.05, 0.1) is 13.2 Å². The largest absolute Gasteiger partial charge is 0.496 e. The van der Waals surface area contributed by atoms with Crippen LogP contribution in [0.3, 0.4) is 0 Å². The number of rotatable bonds is 6. The summed E-state index contributed by atoms with van der Waals surface area (Å²) in [6, 6.07) is 19.3. The Morgan fingerprint density at radius 2 is 1.59 bits per heavy atom. The molecule has 1 saturated heterocycles. The molecule has 1 saturated carbocycles. The van der Waals surface area contributed by atoms with Crippen LogP contribution in [-0.2, 0) is 0 Å². The molecule has 168 valence electrons. The first-order chi connectivity index (χ1) is 15.8. The van der Waals surface area contributed by atoms with Crippen LogP contribution >= 0.6 is 0 Å². The van der Waals surface area contributed by atoms with Gasteiger partial charge in [0.2, 0.25) is 0 Å². The van der Waals surface area contributed by atoms with Crippen molar-refractivity contribution in [3.05, 3.63) is 66.0 Å². The molecule has 0 amide bonds. The molecule has 2 heterocycles. The number of para-hydroxylation sites is 2. The summed E-state index contributed by atoms with van der Waals surface area (Å²) in [6.45, 7) is 3.82. The van der Waals surface area contributed by atoms with Gasteiger partial charge in [-0.15, -0.1) is 5.10 Å². The summed E-state index contributed by atoms with van der Waals surface area (Å²) >= 11 is 0. The zero-order chi connectivity index (χ0) is 21.8. The number of hydrogen-bond acceptors (Lipinski definition) is 6. The van der Waals surface area contributed by atoms with Crippen molar-refractivity contribution in [1.82, 2.24) is 25.1 Å². The van der Waals surface area contributed by atoms with E-state index in [1.165, 1.54) is 24.9 Å². The fraction of sp³-hybridized carbons (Fsp3) is 0.480. The third-order valence-electron chi connectivity index (χ3n) is 6.92. The zero-order valence-corrected chi connectivity index (χ0v) is 18.8. The lowest BCUT2D eigenvalue weighted by molar-refractivity contribution is 0.190. The van der Waals surface area contributed by atoms with E-state index < -0.39 is 0 Å². The highest BCUT2D eigenvalue weighted by atomic mass is 16.5. The number of piperazine rings is 1. The van der Waals surface area contributed by atoms with E-state index >= 15 is 0 Å². The standard InChI is InChI=1S/C25H32N6O/c1-32-23-15-9-8-14-22(23)24(25-26-27-28-31(25)21-12-6-3-7-13-21)30-18-16-29(17-19-30)20-10-4-2-5-11-20/h2,4-5,8-11,14-15,21,24H,3,6-7,12-13,16-19H2,1H3/t24-/m0/s1. The Hall–Kier alpha value is -2.93. The molecule has 0 spiro atoms. The summed E-state index contributed by atoms with van der Waals surface area (Å²) in [5.41, 5.74) is 2.42. The summed E-state index contributed by atoms with van der Waals surface area (Å²) in [5.74, 6) is 1.83. The summed E-state index contributed by atoms with van der Waals surface area (Å²) < 4.78 is 7.89. The van der Waals surface area contributed by atoms with Gasteiger partial charge < -0.3 is 9.64 Å². The van der Waals surface area contributed by atoms with Crippen molar-refractivity contribution in [2.45, 2.75) is 44.2 Å². The van der Waals surface area contributed by atoms with Crippen LogP contribution in [0.15, 0.2) is 54.6 Å². The van der Waals surface area contributed by atoms with Gasteiger partial charge in [0.1, 0.15) is 11.8 Å². The van der Waals surface area contributed by atoms with Crippen molar-refractivity contribution in [3.8, 4) is 5.75 Å². The van der Waals surface area contributed by atoms with Gasteiger partial charge in [-0.3, -0.25) is 4.90 Å². The molecule has 7 nitrogen and oxygen atoms in total. The minimum Gasteiger partial charge on any atom is -0.496 e. The molecule has 5 rings (SSSR count). The average Bonchev–Trinajstić information content (AvgIpc) is 3.35. The van der Waals surface area contributed by atoms with Gasteiger partial charge in [0.25, 0.3) is 0 Å². The molecule has 2 fully saturated rings. The number of anilines is 1. The number of tetrazole rings is 1. The summed E-state index contributed by atoms with van der Waals surface area (Å²) in [6.07, 6.45) is 6.11. The second-order valence-electron chi connectivity index (χ2n) is 8.78. The molecule has 0 unspecified atom stereocenters. The first-order valence-electron chi connectivity index (χ1n) is 11.8. The van der Waals surface area contributed by atoms with Crippen LogP contribution in [0.2, 0.25) is 0 Å². The molecule has 1 aliphatic carbocycles. The van der Waals surface area contributed by atoms with Crippen molar-refractivity contribution in [2.75, 3.05) is 38.2 Å². The quantitative estimate of drug-likeness (QED) is 0.585. The highest BCUT2D eigenvalue weighted by Gasteiger charge is 2.34. The highest BCUT2D eigenvalue weighted by Crippen LogP contribution is 2.37. The predicted molar refractivity (Wildman–Crippen MR) is 125 cm³/mol. The molecule has 3 aromatic rings. The lowest BCUT2D eigenvalue weighted by atomic mass is 9.95. The van der Waals surface area contributed by atoms with Crippen LogP contribution in [0.25, 0.3) is 0 Å². The average molecular weight is 433 g/mol. The molecular formula is C25H32N6O. The van der Waals surface area contributed by atoms with Crippen LogP contribution in [0.1, 0.15) is 55.6 Å². The lowest BCUT2D eigenvalue weighted by Gasteiger charge is -2.40. The number of nitrogens with zero attached hydrogens (tertiary/aromatic N) is 6. The van der Waals surface area contributed by atoms with E-state index in [0.717, 1.165) is 56.2 Å². The van der Waals surface area contributed by atoms with Crippen molar-refractivity contribution >= 4 is 5.69 Å². The van der Waals surface area contributed by atoms with Crippen LogP contribution in [0.5, 0.6) is 5.75 Å². The Labute approximate surface area is 190 Å². The molecule has 1 aliphatic heterocycles. The number of hydrogen-bond donors (Lipinski definition) is 0. The Morgan fingerprint density at radius 1 is 0.875 bits per heavy atom. The molecule has 7 heteroatoms. The Morgan fingerprint density at radius 3 is 2.34 bits per heavy atom. The maximum atomic E-state index is 5.78. The Balaban J connectivity index is 1.46. The number of ether oxygens (including phenoxy) is 1. The fourth-order valence-electron chi connectivity index (χ4n) is 5.23. The van der Waals surface area contributed by atoms with Gasteiger partial charge in [-0.25, -0.2) is 4.68 Å². The third kappa shape index (κ3) is 4.21. The summed E-state index contributed by atoms with van der Waals surface area (Å²) in [5, 5.41) is 13.2. The van der Waals surface area contributed by atoms with Gasteiger partial charge in [-0.05, 0) is 41.5 Å². The van der Waals surface area contributed by atoms with Crippen molar-refractivity contribution < 1.29 is 4.74 Å². The fourth-order valence-corrected chi connectivity index (χ4v) is 5.23. The molecule has 2 aliphatic rings. The second kappa shape index (κ2) is 9.69. The molecule has 32 heavy (non-hydrogen) atoms. The second-order valence-corrected chi connectivity index (χ2v) is 8.78. The van der Waals surface area contributed by atoms with Crippen molar-refractivity contribution in [1.29, 1.82) is 0 Å². The van der Waals surface area contributed by atoms with E-state index in [4.69, 9.17) is 4.74 Å². The van der Waals surface area contributed by atoms with Crippen molar-refractivity contribution in [3.63, 3.8) is 0 Å². The molecule has 1 atom stereocenters. The number of methoxy groups -OCH3 is 1. The van der Waals surface area contributed by atoms with E-state index in [9.17, 15) is 0 Å². The van der Waals surface area contributed by atoms with Crippen LogP contribution in [0, 0.1) is 0 Å². The highest BCUT2D eigenvalue weighted by molar-refractivity contribution is 5.46. The predicted octanol–water partition coefficient (Wildman–Crippen LogP) is 4.10. The maximum Gasteiger partial charge on any atom is 0.173 e. The minimum atomic E-state index is -0.0269. The van der Waals surface area contributed by atoms with Gasteiger partial charge >= 0.3 is 0 Å². The van der Waals surface area contributed by atoms with Crippen LogP contribution in [-0.4, -0.2) is 58.4 Å². The molecule has 0 bridgehead atoms. The maximum absolute atomic E-state index is 5.78. The molecule has 0 N–H and O–H groups in total. The van der Waals surface area contributed by atoms with E-state index in [1.807, 2.05) is 12.1 Å². The summed E-state index contributed by atoms with van der Waals surface area (Å²) in [4.78, 5) is 4.97. The van der Waals surface area contributed by atoms with Gasteiger partial charge in [-0.1, -0.05) is 55.7 Å². The molecular weight excluding hydrogens is 400 g/mol. The number of benzene rings is 2. The molecule has 0 radical (unpaired) electrons. The minimum absolute atomic E-state index is 0.0269. The summed E-state index contributed by atoms with van der Waals surface area (Å²) in [7, 11) is 1.74. The zero-order valence-electron chi connectivity index (χ0n) is 18.8. The van der Waals surface area contributed by atoms with Crippen LogP contribution in [0.4, 0.5) is 5.69 Å². The normalized spacial score (nSPS) is 19.1. The Bertz CT molecular complexity index is 992. The van der Waals surface area contributed by atoms with E-state index in [-0.39, 0.29) is 6.04 Å².